The van der Waals surface area contributed by atoms with Crippen LogP contribution in [0.5, 0.6) is 34.5 Å². The van der Waals surface area contributed by atoms with Gasteiger partial charge in [0.25, 0.3) is 0 Å². The highest BCUT2D eigenvalue weighted by atomic mass is 19.4. The van der Waals surface area contributed by atoms with Crippen LogP contribution in [0.25, 0.3) is 0 Å². The molecule has 0 aromatic heterocycles. The number of nitrogens with one attached hydrogen (secondary N) is 12. The van der Waals surface area contributed by atoms with Crippen LogP contribution in [0, 0.1) is 32.5 Å². The van der Waals surface area contributed by atoms with Crippen LogP contribution in [0.1, 0.15) is 66.8 Å². The molecule has 7 rings (SSSR count). The molecule has 0 aliphatic heterocycles. The molecular weight excluding hydrogens is 1250 g/mol. The Kier molecular flexibility index (Phi) is 29.4. The minimum atomic E-state index is -5.08. The van der Waals surface area contributed by atoms with Gasteiger partial charge in [0.05, 0.1) is 0 Å². The maximum atomic E-state index is 10.6. The fraction of sp³-hybridized carbons (Fsp3) is 0.279. The average Bonchev–Trinajstić information content (AvgIpc) is 0.764. The lowest BCUT2D eigenvalue weighted by atomic mass is 9.87. The van der Waals surface area contributed by atoms with E-state index in [1.54, 1.807) is 0 Å². The fourth-order valence-corrected chi connectivity index (χ4v) is 9.63. The zero-order chi connectivity index (χ0) is 70.1. The molecule has 0 aliphatic carbocycles. The third-order valence-corrected chi connectivity index (χ3v) is 14.6. The molecule has 0 unspecified atom stereocenters. The molecule has 0 fully saturated rings. The number of benzene rings is 7. The molecule has 26 nitrogen and oxygen atoms in total. The summed E-state index contributed by atoms with van der Waals surface area (Å²) in [5.74, 6) is 0.254. The molecule has 0 spiro atoms. The summed E-state index contributed by atoms with van der Waals surface area (Å²) < 4.78 is 72.9. The lowest BCUT2D eigenvalue weighted by Crippen LogP contribution is -2.31. The number of guanidine groups is 6. The predicted molar refractivity (Wildman–Crippen MR) is 367 cm³/mol. The number of aliphatic carboxylic acids is 1. The normalized spacial score (nSPS) is 10.7. The highest BCUT2D eigenvalue weighted by Crippen LogP contribution is 2.36. The summed E-state index contributed by atoms with van der Waals surface area (Å²) in [6, 6.07) is 46.8. The second-order valence-corrected chi connectivity index (χ2v) is 21.8. The molecule has 516 valence electrons. The molecule has 0 atom stereocenters. The number of alkyl halides is 3. The van der Waals surface area contributed by atoms with E-state index in [-0.39, 0.29) is 75.4 Å². The Balaban J connectivity index is 0.00000201. The monoisotopic (exact) mass is 1340 g/mol. The van der Waals surface area contributed by atoms with Crippen LogP contribution in [0.4, 0.5) is 13.2 Å². The van der Waals surface area contributed by atoms with Crippen molar-refractivity contribution in [2.24, 2.45) is 34.4 Å². The van der Waals surface area contributed by atoms with Crippen molar-refractivity contribution in [3.63, 3.8) is 0 Å². The number of rotatable bonds is 36. The first kappa shape index (κ1) is 74.3. The van der Waals surface area contributed by atoms with Gasteiger partial charge in [0, 0.05) is 72.6 Å². The Labute approximate surface area is 560 Å². The molecule has 97 heavy (non-hydrogen) atoms. The molecule has 0 saturated heterocycles. The smallest absolute Gasteiger partial charge is 0.489 e. The van der Waals surface area contributed by atoms with Gasteiger partial charge in [-0.25, -0.2) is 4.79 Å². The van der Waals surface area contributed by atoms with Gasteiger partial charge < -0.3 is 99.8 Å². The largest absolute Gasteiger partial charge is 0.490 e. The Morgan fingerprint density at radius 2 is 0.423 bits per heavy atom. The summed E-state index contributed by atoms with van der Waals surface area (Å²) in [5.41, 5.74) is 44.1. The van der Waals surface area contributed by atoms with E-state index in [2.05, 4.69) is 31.9 Å². The molecule has 0 bridgehead atoms. The van der Waals surface area contributed by atoms with Gasteiger partial charge in [0.1, 0.15) is 74.1 Å². The predicted octanol–water partition coefficient (Wildman–Crippen LogP) is 5.95. The number of carboxylic acid groups (broad SMARTS) is 1. The molecule has 0 heterocycles. The van der Waals surface area contributed by atoms with Crippen molar-refractivity contribution in [1.29, 1.82) is 32.5 Å². The number of halogens is 3. The van der Waals surface area contributed by atoms with Crippen molar-refractivity contribution in [3.8, 4) is 34.5 Å². The van der Waals surface area contributed by atoms with Gasteiger partial charge in [-0.15, -0.1) is 0 Å². The Hall–Kier alpha value is -11.8. The van der Waals surface area contributed by atoms with Gasteiger partial charge >= 0.3 is 12.1 Å². The molecule has 0 aliphatic rings. The minimum absolute atomic E-state index is 0.0415. The Morgan fingerprint density at radius 3 is 0.526 bits per heavy atom. The summed E-state index contributed by atoms with van der Waals surface area (Å²) in [5, 5.41) is 70.1. The topological polar surface area (TPSA) is 464 Å². The number of hydrogen-bond donors (Lipinski definition) is 19. The van der Waals surface area contributed by atoms with E-state index in [0.29, 0.717) is 112 Å². The minimum Gasteiger partial charge on any atom is -0.489 e. The molecule has 29 heteroatoms. The standard InChI is InChI=1S/C66H84N18O6.C2HF3O2/c67-61(68)79-31-25-43-1-13-49(14-2-43)85-37-55-56(38-86-50-15-3-44(4-16-50)26-32-80-62(69)70)58(40-88-52-19-7-46(8-20-52)28-34-82-64(73)74)60(42-90-54-23-11-48(12-24-54)30-36-84-66(77)78)59(41-89-53-21-9-47(10-22-53)29-35-83-65(75)76)57(55)39-87-51-17-5-45(6-18-51)27-33-81-63(71)72;3-2(4,5)1(6)7/h1-24H,25-42H2,(H4,67,68,79)(H4,69,70,80)(H4,71,72,81)(H4,73,74,82)(H4,75,76,83)(H4,77,78,84);(H,6,7). The van der Waals surface area contributed by atoms with Crippen molar-refractivity contribution in [1.82, 2.24) is 31.9 Å². The molecule has 7 aromatic carbocycles. The van der Waals surface area contributed by atoms with E-state index in [4.69, 9.17) is 105 Å². The van der Waals surface area contributed by atoms with Gasteiger partial charge in [-0.05, 0) is 145 Å². The second kappa shape index (κ2) is 38.4. The van der Waals surface area contributed by atoms with Gasteiger partial charge in [-0.2, -0.15) is 13.2 Å². The molecule has 0 saturated carbocycles. The third-order valence-electron chi connectivity index (χ3n) is 14.6. The fourth-order valence-electron chi connectivity index (χ4n) is 9.63. The molecular formula is C68H85F3N18O8. The summed E-state index contributed by atoms with van der Waals surface area (Å²) >= 11 is 0. The molecule has 7 aromatic rings. The van der Waals surface area contributed by atoms with Gasteiger partial charge in [0.2, 0.25) is 0 Å². The molecule has 25 N–H and O–H groups in total. The van der Waals surface area contributed by atoms with Crippen LogP contribution in [0.3, 0.4) is 0 Å². The van der Waals surface area contributed by atoms with E-state index in [1.807, 2.05) is 146 Å². The van der Waals surface area contributed by atoms with Crippen LogP contribution in [0.15, 0.2) is 146 Å². The van der Waals surface area contributed by atoms with Crippen molar-refractivity contribution in [2.45, 2.75) is 84.3 Å². The van der Waals surface area contributed by atoms with Crippen LogP contribution in [0.2, 0.25) is 0 Å². The Morgan fingerprint density at radius 1 is 0.299 bits per heavy atom. The quantitative estimate of drug-likeness (QED) is 0.0159. The molecule has 0 radical (unpaired) electrons. The maximum absolute atomic E-state index is 10.6. The van der Waals surface area contributed by atoms with Gasteiger partial charge in [-0.1, -0.05) is 72.8 Å². The highest BCUT2D eigenvalue weighted by Gasteiger charge is 2.38. The highest BCUT2D eigenvalue weighted by molar-refractivity contribution is 5.76. The average molecular weight is 1340 g/mol. The number of nitrogens with two attached hydrogens (primary N) is 6. The van der Waals surface area contributed by atoms with E-state index in [9.17, 15) is 13.2 Å². The van der Waals surface area contributed by atoms with Gasteiger partial charge in [0.15, 0.2) is 35.8 Å². The lowest BCUT2D eigenvalue weighted by Gasteiger charge is -2.28. The SMILES string of the molecule is N=C(N)NCCc1ccc(OCc2c(COc3ccc(CCNC(=N)N)cc3)c(COc3ccc(CCNC(=N)N)cc3)c(COc3ccc(CCNC(=N)N)cc3)c(COc3ccc(CCNC(=N)N)cc3)c2COc2ccc(CCNC(=N)N)cc2)cc1.O=C(O)C(F)(F)F. The zero-order valence-corrected chi connectivity index (χ0v) is 53.5. The van der Waals surface area contributed by atoms with Crippen LogP contribution >= 0.6 is 0 Å². The first-order chi connectivity index (χ1) is 46.5. The second-order valence-electron chi connectivity index (χ2n) is 21.8. The summed E-state index contributed by atoms with van der Waals surface area (Å²) in [4.78, 5) is 8.90. The van der Waals surface area contributed by atoms with Crippen molar-refractivity contribution >= 4 is 41.7 Å². The number of carboxylic acids is 1. The van der Waals surface area contributed by atoms with E-state index in [0.717, 1.165) is 66.8 Å². The van der Waals surface area contributed by atoms with Crippen LogP contribution < -0.4 is 94.7 Å². The molecule has 0 amide bonds. The van der Waals surface area contributed by atoms with Gasteiger partial charge in [-0.3, -0.25) is 32.5 Å². The number of hydrogen-bond acceptors (Lipinski definition) is 13. The number of carbonyl (C=O) groups is 1. The van der Waals surface area contributed by atoms with E-state index >= 15 is 0 Å². The number of ether oxygens (including phenoxy) is 6. The maximum Gasteiger partial charge on any atom is 0.490 e. The summed E-state index contributed by atoms with van der Waals surface area (Å²) in [6.45, 7) is 3.19. The van der Waals surface area contributed by atoms with Crippen LogP contribution in [-0.2, 0) is 83.0 Å². The summed E-state index contributed by atoms with van der Waals surface area (Å²) in [7, 11) is 0. The van der Waals surface area contributed by atoms with Crippen molar-refractivity contribution in [3.05, 3.63) is 212 Å². The lowest BCUT2D eigenvalue weighted by molar-refractivity contribution is -0.192. The zero-order valence-electron chi connectivity index (χ0n) is 53.5. The van der Waals surface area contributed by atoms with E-state index in [1.165, 1.54) is 0 Å². The first-order valence-corrected chi connectivity index (χ1v) is 30.7. The first-order valence-electron chi connectivity index (χ1n) is 30.7. The Bertz CT molecular complexity index is 3090. The van der Waals surface area contributed by atoms with Crippen molar-refractivity contribution in [2.75, 3.05) is 39.3 Å². The van der Waals surface area contributed by atoms with E-state index < -0.39 is 12.1 Å². The van der Waals surface area contributed by atoms with Crippen LogP contribution in [-0.4, -0.2) is 92.3 Å². The third kappa shape index (κ3) is 27.4. The van der Waals surface area contributed by atoms with Crippen molar-refractivity contribution < 1.29 is 51.5 Å². The summed E-state index contributed by atoms with van der Waals surface area (Å²) in [6.07, 6.45) is -1.29.